The maximum atomic E-state index is 13.2. The number of hydrogen-bond acceptors (Lipinski definition) is 5. The van der Waals surface area contributed by atoms with Gasteiger partial charge in [-0.1, -0.05) is 42.8 Å². The molecule has 0 atom stereocenters. The molecule has 0 saturated carbocycles. The maximum Gasteiger partial charge on any atom is 0.282 e. The maximum absolute atomic E-state index is 13.2. The molecule has 3 aromatic carbocycles. The smallest absolute Gasteiger partial charge is 0.282 e. The first-order chi connectivity index (χ1) is 17.1. The van der Waals surface area contributed by atoms with E-state index in [0.29, 0.717) is 28.2 Å². The second-order valence-corrected chi connectivity index (χ2v) is 10.0. The average Bonchev–Trinajstić information content (AvgIpc) is 2.82. The molecule has 4 rings (SSSR count). The summed E-state index contributed by atoms with van der Waals surface area (Å²) in [4.78, 5) is 30.0. The van der Waals surface area contributed by atoms with Gasteiger partial charge < -0.3 is 10.1 Å². The predicted octanol–water partition coefficient (Wildman–Crippen LogP) is 5.50. The summed E-state index contributed by atoms with van der Waals surface area (Å²) >= 11 is 3.41. The van der Waals surface area contributed by atoms with Crippen LogP contribution >= 0.6 is 15.9 Å². The molecule has 36 heavy (non-hydrogen) atoms. The van der Waals surface area contributed by atoms with E-state index in [4.69, 9.17) is 9.72 Å². The third-order valence-corrected chi connectivity index (χ3v) is 5.65. The van der Waals surface area contributed by atoms with Crippen LogP contribution in [0.15, 0.2) is 81.1 Å². The Morgan fingerprint density at radius 1 is 1.14 bits per heavy atom. The lowest BCUT2D eigenvalue weighted by atomic mass is 9.95. The lowest BCUT2D eigenvalue weighted by Gasteiger charge is -2.20. The third kappa shape index (κ3) is 6.04. The fourth-order valence-corrected chi connectivity index (χ4v) is 3.79. The van der Waals surface area contributed by atoms with Crippen molar-refractivity contribution in [3.05, 3.63) is 98.8 Å². The van der Waals surface area contributed by atoms with Gasteiger partial charge in [0.25, 0.3) is 11.5 Å². The zero-order valence-corrected chi connectivity index (χ0v) is 21.5. The van der Waals surface area contributed by atoms with Crippen molar-refractivity contribution in [2.24, 2.45) is 5.10 Å². The number of benzene rings is 3. The number of amides is 1. The Morgan fingerprint density at radius 2 is 1.89 bits per heavy atom. The summed E-state index contributed by atoms with van der Waals surface area (Å²) in [6, 6.07) is 17.9. The van der Waals surface area contributed by atoms with Crippen LogP contribution in [0.2, 0.25) is 0 Å². The van der Waals surface area contributed by atoms with E-state index in [1.54, 1.807) is 48.7 Å². The molecule has 1 N–H and O–H groups in total. The van der Waals surface area contributed by atoms with Crippen molar-refractivity contribution in [1.82, 2.24) is 9.66 Å². The van der Waals surface area contributed by atoms with Crippen LogP contribution in [-0.4, -0.2) is 28.4 Å². The van der Waals surface area contributed by atoms with Gasteiger partial charge in [0.05, 0.1) is 17.1 Å². The van der Waals surface area contributed by atoms with Crippen LogP contribution in [0.5, 0.6) is 5.75 Å². The minimum Gasteiger partial charge on any atom is -0.484 e. The molecule has 1 aromatic heterocycles. The minimum atomic E-state index is -0.435. The third-order valence-electron chi connectivity index (χ3n) is 5.16. The van der Waals surface area contributed by atoms with E-state index in [-0.39, 0.29) is 12.2 Å². The Kier molecular flexibility index (Phi) is 7.30. The van der Waals surface area contributed by atoms with E-state index >= 15 is 0 Å². The van der Waals surface area contributed by atoms with E-state index in [9.17, 15) is 14.0 Å². The van der Waals surface area contributed by atoms with Gasteiger partial charge in [0, 0.05) is 15.6 Å². The van der Waals surface area contributed by atoms with E-state index < -0.39 is 17.1 Å². The Morgan fingerprint density at radius 3 is 2.58 bits per heavy atom. The van der Waals surface area contributed by atoms with Gasteiger partial charge in [-0.15, -0.1) is 0 Å². The molecule has 0 unspecified atom stereocenters. The molecule has 184 valence electrons. The topological polar surface area (TPSA) is 85.6 Å². The Labute approximate surface area is 215 Å². The molecule has 0 aliphatic carbocycles. The van der Waals surface area contributed by atoms with Crippen molar-refractivity contribution >= 4 is 44.6 Å². The Balaban J connectivity index is 1.49. The number of nitrogens with zero attached hydrogens (tertiary/aromatic N) is 3. The molecule has 0 spiro atoms. The van der Waals surface area contributed by atoms with Crippen LogP contribution < -0.4 is 15.6 Å². The number of fused-ring (bicyclic) bond motifs is 1. The number of hydrogen-bond donors (Lipinski definition) is 1. The molecule has 4 aromatic rings. The first kappa shape index (κ1) is 25.2. The number of anilines is 1. The number of aromatic nitrogens is 2. The lowest BCUT2D eigenvalue weighted by molar-refractivity contribution is -0.118. The highest BCUT2D eigenvalue weighted by Gasteiger charge is 2.22. The SMILES string of the molecule is CC(C)(C)c1nc2ccc(Br)cc2c(=O)n1N=Cc1ccc(OCC(=O)Nc2cccc(F)c2)cc1. The molecule has 0 bridgehead atoms. The van der Waals surface area contributed by atoms with Crippen molar-refractivity contribution in [3.8, 4) is 5.75 Å². The fraction of sp³-hybridized carbons (Fsp3) is 0.185. The van der Waals surface area contributed by atoms with Gasteiger partial charge in [-0.05, 0) is 66.2 Å². The zero-order valence-electron chi connectivity index (χ0n) is 20.0. The first-order valence-electron chi connectivity index (χ1n) is 11.2. The molecule has 1 heterocycles. The monoisotopic (exact) mass is 550 g/mol. The van der Waals surface area contributed by atoms with Gasteiger partial charge in [-0.25, -0.2) is 9.37 Å². The number of nitrogens with one attached hydrogen (secondary N) is 1. The highest BCUT2D eigenvalue weighted by atomic mass is 79.9. The normalized spacial score (nSPS) is 11.7. The fourth-order valence-electron chi connectivity index (χ4n) is 3.43. The molecular weight excluding hydrogens is 527 g/mol. The summed E-state index contributed by atoms with van der Waals surface area (Å²) in [6.45, 7) is 5.69. The van der Waals surface area contributed by atoms with Crippen molar-refractivity contribution in [2.75, 3.05) is 11.9 Å². The largest absolute Gasteiger partial charge is 0.484 e. The zero-order chi connectivity index (χ0) is 25.9. The predicted molar refractivity (Wildman–Crippen MR) is 142 cm³/mol. The van der Waals surface area contributed by atoms with Crippen LogP contribution in [0, 0.1) is 5.82 Å². The van der Waals surface area contributed by atoms with Crippen LogP contribution in [-0.2, 0) is 10.2 Å². The molecule has 7 nitrogen and oxygen atoms in total. The first-order valence-corrected chi connectivity index (χ1v) is 11.9. The van der Waals surface area contributed by atoms with E-state index in [0.717, 1.165) is 10.0 Å². The van der Waals surface area contributed by atoms with Crippen molar-refractivity contribution < 1.29 is 13.9 Å². The van der Waals surface area contributed by atoms with Crippen LogP contribution in [0.4, 0.5) is 10.1 Å². The van der Waals surface area contributed by atoms with Crippen LogP contribution in [0.3, 0.4) is 0 Å². The molecule has 0 radical (unpaired) electrons. The molecule has 0 saturated heterocycles. The summed E-state index contributed by atoms with van der Waals surface area (Å²) in [6.07, 6.45) is 1.57. The van der Waals surface area contributed by atoms with Gasteiger partial charge in [0.1, 0.15) is 17.4 Å². The highest BCUT2D eigenvalue weighted by Crippen LogP contribution is 2.23. The summed E-state index contributed by atoms with van der Waals surface area (Å²) in [5.41, 5.74) is 1.03. The number of carbonyl (C=O) groups is 1. The summed E-state index contributed by atoms with van der Waals surface area (Å²) in [5, 5.41) is 7.49. The average molecular weight is 551 g/mol. The van der Waals surface area contributed by atoms with Crippen LogP contribution in [0.25, 0.3) is 10.9 Å². The second kappa shape index (κ2) is 10.4. The van der Waals surface area contributed by atoms with Gasteiger partial charge in [-0.3, -0.25) is 9.59 Å². The van der Waals surface area contributed by atoms with Gasteiger partial charge in [0.2, 0.25) is 0 Å². The number of halogens is 2. The van der Waals surface area contributed by atoms with Crippen LogP contribution in [0.1, 0.15) is 32.2 Å². The Hall–Kier alpha value is -3.85. The molecule has 0 aliphatic rings. The van der Waals surface area contributed by atoms with Gasteiger partial charge in [0.15, 0.2) is 6.61 Å². The summed E-state index contributed by atoms with van der Waals surface area (Å²) < 4.78 is 20.9. The highest BCUT2D eigenvalue weighted by molar-refractivity contribution is 9.10. The number of ether oxygens (including phenoxy) is 1. The molecule has 0 fully saturated rings. The van der Waals surface area contributed by atoms with Gasteiger partial charge in [-0.2, -0.15) is 9.78 Å². The molecule has 0 aliphatic heterocycles. The summed E-state index contributed by atoms with van der Waals surface area (Å²) in [7, 11) is 0. The molecule has 9 heteroatoms. The minimum absolute atomic E-state index is 0.230. The second-order valence-electron chi connectivity index (χ2n) is 9.12. The summed E-state index contributed by atoms with van der Waals surface area (Å²) in [5.74, 6) is 0.181. The van der Waals surface area contributed by atoms with E-state index in [1.807, 2.05) is 26.8 Å². The number of rotatable bonds is 6. The van der Waals surface area contributed by atoms with E-state index in [1.165, 1.54) is 22.9 Å². The van der Waals surface area contributed by atoms with Crippen molar-refractivity contribution in [1.29, 1.82) is 0 Å². The van der Waals surface area contributed by atoms with Gasteiger partial charge >= 0.3 is 0 Å². The lowest BCUT2D eigenvalue weighted by Crippen LogP contribution is -2.29. The Bertz CT molecular complexity index is 1510. The standard InChI is InChI=1S/C27H24BrFN4O3/c1-27(2,3)26-32-23-12-9-18(28)13-22(23)25(35)33(26)30-15-17-7-10-21(11-8-17)36-16-24(34)31-20-6-4-5-19(29)14-20/h4-15H,16H2,1-3H3,(H,31,34). The number of carbonyl (C=O) groups excluding carboxylic acids is 1. The van der Waals surface area contributed by atoms with Crippen molar-refractivity contribution in [2.45, 2.75) is 26.2 Å². The van der Waals surface area contributed by atoms with Crippen molar-refractivity contribution in [3.63, 3.8) is 0 Å². The van der Waals surface area contributed by atoms with E-state index in [2.05, 4.69) is 26.3 Å². The molecule has 1 amide bonds. The molecular formula is C27H24BrFN4O3. The quantitative estimate of drug-likeness (QED) is 0.321.